The molecule has 2 unspecified atom stereocenters. The summed E-state index contributed by atoms with van der Waals surface area (Å²) in [4.78, 5) is 28.8. The van der Waals surface area contributed by atoms with Crippen molar-refractivity contribution in [1.82, 2.24) is 9.88 Å². The minimum absolute atomic E-state index is 0.0936. The molecule has 0 spiro atoms. The van der Waals surface area contributed by atoms with Crippen molar-refractivity contribution in [3.63, 3.8) is 0 Å². The minimum Gasteiger partial charge on any atom is -0.478 e. The summed E-state index contributed by atoms with van der Waals surface area (Å²) < 4.78 is 5.71. The molecule has 3 heterocycles. The van der Waals surface area contributed by atoms with E-state index in [0.717, 1.165) is 18.9 Å². The van der Waals surface area contributed by atoms with Crippen LogP contribution in [0.2, 0.25) is 0 Å². The number of aliphatic carboxylic acids is 1. The van der Waals surface area contributed by atoms with Crippen molar-refractivity contribution in [2.75, 3.05) is 13.1 Å². The third-order valence-electron chi connectivity index (χ3n) is 3.75. The van der Waals surface area contributed by atoms with Gasteiger partial charge in [-0.25, -0.2) is 4.79 Å². The van der Waals surface area contributed by atoms with Gasteiger partial charge in [-0.15, -0.1) is 0 Å². The maximum Gasteiger partial charge on any atom is 0.328 e. The highest BCUT2D eigenvalue weighted by molar-refractivity contribution is 5.92. The van der Waals surface area contributed by atoms with Crippen molar-refractivity contribution in [3.8, 4) is 0 Å². The van der Waals surface area contributed by atoms with E-state index in [0.29, 0.717) is 24.3 Å². The third kappa shape index (κ3) is 3.11. The first-order valence-electron chi connectivity index (χ1n) is 6.93. The lowest BCUT2D eigenvalue weighted by atomic mass is 10.2. The standard InChI is InChI=1S/C15H16N2O4/c18-14(19)6-2-10-1-5-13(16-7-10)15(20)17-8-11-3-4-12(9-17)21-11/h1-2,5-7,11-12H,3-4,8-9H2,(H,18,19). The molecule has 6 nitrogen and oxygen atoms in total. The Morgan fingerprint density at radius 1 is 1.29 bits per heavy atom. The van der Waals surface area contributed by atoms with Crippen LogP contribution in [0.15, 0.2) is 24.4 Å². The number of amides is 1. The van der Waals surface area contributed by atoms with Gasteiger partial charge in [-0.3, -0.25) is 9.78 Å². The number of aromatic nitrogens is 1. The number of carbonyl (C=O) groups is 2. The SMILES string of the molecule is O=C(O)C=Cc1ccc(C(=O)N2CC3CCC(C2)O3)nc1. The molecule has 1 N–H and O–H groups in total. The maximum absolute atomic E-state index is 12.4. The average Bonchev–Trinajstić information content (AvgIpc) is 2.83. The van der Waals surface area contributed by atoms with Gasteiger partial charge in [0.25, 0.3) is 5.91 Å². The number of hydrogen-bond donors (Lipinski definition) is 1. The fourth-order valence-corrected chi connectivity index (χ4v) is 2.74. The lowest BCUT2D eigenvalue weighted by molar-refractivity contribution is -0.131. The molecule has 2 aliphatic heterocycles. The maximum atomic E-state index is 12.4. The van der Waals surface area contributed by atoms with Crippen molar-refractivity contribution in [1.29, 1.82) is 0 Å². The molecule has 0 radical (unpaired) electrons. The van der Waals surface area contributed by atoms with Gasteiger partial charge in [0, 0.05) is 25.4 Å². The molecule has 1 aromatic rings. The van der Waals surface area contributed by atoms with Gasteiger partial charge in [-0.05, 0) is 30.5 Å². The summed E-state index contributed by atoms with van der Waals surface area (Å²) in [6.45, 7) is 1.25. The zero-order valence-electron chi connectivity index (χ0n) is 11.4. The Balaban J connectivity index is 1.69. The summed E-state index contributed by atoms with van der Waals surface area (Å²) in [6.07, 6.45) is 6.33. The number of carboxylic acids is 1. The van der Waals surface area contributed by atoms with Gasteiger partial charge in [0.2, 0.25) is 0 Å². The fraction of sp³-hybridized carbons (Fsp3) is 0.400. The van der Waals surface area contributed by atoms with Crippen LogP contribution >= 0.6 is 0 Å². The Hall–Kier alpha value is -2.21. The number of pyridine rings is 1. The number of hydrogen-bond acceptors (Lipinski definition) is 4. The third-order valence-corrected chi connectivity index (χ3v) is 3.75. The molecule has 2 atom stereocenters. The minimum atomic E-state index is -1.01. The summed E-state index contributed by atoms with van der Waals surface area (Å²) in [5.74, 6) is -1.11. The Kier molecular flexibility index (Phi) is 3.70. The average molecular weight is 288 g/mol. The molecule has 1 amide bonds. The van der Waals surface area contributed by atoms with Crippen LogP contribution in [0, 0.1) is 0 Å². The largest absolute Gasteiger partial charge is 0.478 e. The Morgan fingerprint density at radius 3 is 2.57 bits per heavy atom. The summed E-state index contributed by atoms with van der Waals surface area (Å²) in [7, 11) is 0. The molecule has 2 fully saturated rings. The van der Waals surface area contributed by atoms with E-state index in [2.05, 4.69) is 4.98 Å². The summed E-state index contributed by atoms with van der Waals surface area (Å²) in [5, 5.41) is 8.56. The highest BCUT2D eigenvalue weighted by atomic mass is 16.5. The Labute approximate surface area is 122 Å². The van der Waals surface area contributed by atoms with E-state index in [1.165, 1.54) is 12.3 Å². The van der Waals surface area contributed by atoms with Crippen molar-refractivity contribution < 1.29 is 19.4 Å². The summed E-state index contributed by atoms with van der Waals surface area (Å²) >= 11 is 0. The van der Waals surface area contributed by atoms with Crippen molar-refractivity contribution >= 4 is 18.0 Å². The van der Waals surface area contributed by atoms with E-state index >= 15 is 0 Å². The molecular weight excluding hydrogens is 272 g/mol. The second-order valence-electron chi connectivity index (χ2n) is 5.32. The molecule has 0 aromatic carbocycles. The molecule has 2 aliphatic rings. The lowest BCUT2D eigenvalue weighted by Gasteiger charge is -2.31. The highest BCUT2D eigenvalue weighted by Gasteiger charge is 2.36. The second-order valence-corrected chi connectivity index (χ2v) is 5.32. The van der Waals surface area contributed by atoms with Crippen molar-refractivity contribution in [3.05, 3.63) is 35.7 Å². The van der Waals surface area contributed by atoms with Crippen molar-refractivity contribution in [2.45, 2.75) is 25.0 Å². The molecule has 0 aliphatic carbocycles. The van der Waals surface area contributed by atoms with E-state index in [-0.39, 0.29) is 18.1 Å². The zero-order valence-corrected chi connectivity index (χ0v) is 11.4. The van der Waals surface area contributed by atoms with E-state index < -0.39 is 5.97 Å². The topological polar surface area (TPSA) is 79.7 Å². The molecule has 2 bridgehead atoms. The lowest BCUT2D eigenvalue weighted by Crippen LogP contribution is -2.46. The first-order valence-corrected chi connectivity index (χ1v) is 6.93. The molecule has 110 valence electrons. The fourth-order valence-electron chi connectivity index (χ4n) is 2.74. The number of nitrogens with zero attached hydrogens (tertiary/aromatic N) is 2. The smallest absolute Gasteiger partial charge is 0.328 e. The van der Waals surface area contributed by atoms with Crippen LogP contribution in [-0.2, 0) is 9.53 Å². The summed E-state index contributed by atoms with van der Waals surface area (Å²) in [5.41, 5.74) is 1.03. The number of fused-ring (bicyclic) bond motifs is 2. The van der Waals surface area contributed by atoms with Crippen LogP contribution in [0.1, 0.15) is 28.9 Å². The van der Waals surface area contributed by atoms with Gasteiger partial charge in [0.05, 0.1) is 12.2 Å². The Morgan fingerprint density at radius 2 is 2.00 bits per heavy atom. The Bertz CT molecular complexity index is 570. The monoisotopic (exact) mass is 288 g/mol. The zero-order chi connectivity index (χ0) is 14.8. The van der Waals surface area contributed by atoms with Crippen LogP contribution in [0.3, 0.4) is 0 Å². The number of rotatable bonds is 3. The van der Waals surface area contributed by atoms with Crippen LogP contribution in [-0.4, -0.2) is 52.2 Å². The number of carboxylic acid groups (broad SMARTS) is 1. The molecule has 0 saturated carbocycles. The van der Waals surface area contributed by atoms with E-state index in [9.17, 15) is 9.59 Å². The molecule has 2 saturated heterocycles. The van der Waals surface area contributed by atoms with E-state index in [1.54, 1.807) is 17.0 Å². The van der Waals surface area contributed by atoms with Gasteiger partial charge in [-0.2, -0.15) is 0 Å². The molecular formula is C15H16N2O4. The molecule has 21 heavy (non-hydrogen) atoms. The molecule has 3 rings (SSSR count). The van der Waals surface area contributed by atoms with Crippen LogP contribution < -0.4 is 0 Å². The van der Waals surface area contributed by atoms with Gasteiger partial charge < -0.3 is 14.7 Å². The van der Waals surface area contributed by atoms with Gasteiger partial charge in [0.15, 0.2) is 0 Å². The van der Waals surface area contributed by atoms with E-state index in [4.69, 9.17) is 9.84 Å². The predicted octanol–water partition coefficient (Wildman–Crippen LogP) is 1.18. The molecule has 6 heteroatoms. The van der Waals surface area contributed by atoms with Crippen LogP contribution in [0.25, 0.3) is 6.08 Å². The first kappa shape index (κ1) is 13.8. The van der Waals surface area contributed by atoms with Gasteiger partial charge >= 0.3 is 5.97 Å². The van der Waals surface area contributed by atoms with Gasteiger partial charge in [-0.1, -0.05) is 6.07 Å². The van der Waals surface area contributed by atoms with Gasteiger partial charge in [0.1, 0.15) is 5.69 Å². The normalized spacial score (nSPS) is 24.5. The highest BCUT2D eigenvalue weighted by Crippen LogP contribution is 2.26. The number of likely N-dealkylation sites (tertiary alicyclic amines) is 1. The first-order chi connectivity index (χ1) is 10.1. The number of ether oxygens (including phenoxy) is 1. The summed E-state index contributed by atoms with van der Waals surface area (Å²) in [6, 6.07) is 3.32. The molecule has 1 aromatic heterocycles. The second kappa shape index (κ2) is 5.65. The number of morpholine rings is 1. The van der Waals surface area contributed by atoms with Crippen LogP contribution in [0.5, 0.6) is 0 Å². The van der Waals surface area contributed by atoms with E-state index in [1.807, 2.05) is 0 Å². The number of carbonyl (C=O) groups excluding carboxylic acids is 1. The predicted molar refractivity (Wildman–Crippen MR) is 74.7 cm³/mol. The quantitative estimate of drug-likeness (QED) is 0.845. The van der Waals surface area contributed by atoms with Crippen molar-refractivity contribution in [2.24, 2.45) is 0 Å². The van der Waals surface area contributed by atoms with Crippen LogP contribution in [0.4, 0.5) is 0 Å².